The van der Waals surface area contributed by atoms with Gasteiger partial charge in [-0.05, 0) is 31.2 Å². The van der Waals surface area contributed by atoms with E-state index >= 15 is 0 Å². The highest BCUT2D eigenvalue weighted by Gasteiger charge is 2.13. The van der Waals surface area contributed by atoms with Gasteiger partial charge in [0.1, 0.15) is 6.04 Å². The number of rotatable bonds is 5. The van der Waals surface area contributed by atoms with Gasteiger partial charge in [0, 0.05) is 0 Å². The van der Waals surface area contributed by atoms with Crippen molar-refractivity contribution in [3.8, 4) is 0 Å². The van der Waals surface area contributed by atoms with E-state index in [0.29, 0.717) is 12.3 Å². The Hall–Kier alpha value is -1.35. The van der Waals surface area contributed by atoms with Gasteiger partial charge in [0.15, 0.2) is 0 Å². The molecular formula is C13H19NO2. The van der Waals surface area contributed by atoms with Crippen LogP contribution in [0.5, 0.6) is 0 Å². The molecule has 3 nitrogen and oxygen atoms in total. The second kappa shape index (κ2) is 5.66. The number of aryl methyl sites for hydroxylation is 1. The first-order valence-electron chi connectivity index (χ1n) is 5.55. The molecule has 88 valence electrons. The fourth-order valence-electron chi connectivity index (χ4n) is 1.70. The quantitative estimate of drug-likeness (QED) is 0.801. The van der Waals surface area contributed by atoms with E-state index in [9.17, 15) is 4.79 Å². The first-order chi connectivity index (χ1) is 7.50. The van der Waals surface area contributed by atoms with Gasteiger partial charge in [-0.2, -0.15) is 0 Å². The molecule has 0 amide bonds. The Morgan fingerprint density at radius 2 is 2.12 bits per heavy atom. The minimum Gasteiger partial charge on any atom is -0.480 e. The number of benzene rings is 1. The van der Waals surface area contributed by atoms with Gasteiger partial charge in [0.05, 0.1) is 0 Å². The molecule has 0 aromatic heterocycles. The summed E-state index contributed by atoms with van der Waals surface area (Å²) >= 11 is 0. The average molecular weight is 221 g/mol. The van der Waals surface area contributed by atoms with Crippen LogP contribution in [0.1, 0.15) is 36.8 Å². The molecule has 2 atom stereocenters. The molecule has 0 radical (unpaired) electrons. The van der Waals surface area contributed by atoms with Crippen molar-refractivity contribution in [2.75, 3.05) is 0 Å². The second-order valence-corrected chi connectivity index (χ2v) is 4.34. The number of hydrogen-bond acceptors (Lipinski definition) is 2. The lowest BCUT2D eigenvalue weighted by Crippen LogP contribution is -2.30. The van der Waals surface area contributed by atoms with Crippen molar-refractivity contribution in [1.82, 2.24) is 0 Å². The van der Waals surface area contributed by atoms with Crippen LogP contribution in [-0.2, 0) is 4.79 Å². The topological polar surface area (TPSA) is 63.3 Å². The molecule has 3 heteroatoms. The normalized spacial score (nSPS) is 14.4. The van der Waals surface area contributed by atoms with Crippen LogP contribution in [0.15, 0.2) is 24.3 Å². The minimum absolute atomic E-state index is 0.352. The predicted molar refractivity (Wildman–Crippen MR) is 64.4 cm³/mol. The highest BCUT2D eigenvalue weighted by atomic mass is 16.4. The van der Waals surface area contributed by atoms with E-state index in [2.05, 4.69) is 32.0 Å². The summed E-state index contributed by atoms with van der Waals surface area (Å²) < 4.78 is 0. The third-order valence-electron chi connectivity index (χ3n) is 2.84. The fourth-order valence-corrected chi connectivity index (χ4v) is 1.70. The molecule has 0 aliphatic carbocycles. The van der Waals surface area contributed by atoms with E-state index in [1.165, 1.54) is 11.1 Å². The molecular weight excluding hydrogens is 202 g/mol. The van der Waals surface area contributed by atoms with Crippen molar-refractivity contribution in [3.05, 3.63) is 35.4 Å². The van der Waals surface area contributed by atoms with Crippen LogP contribution in [0.3, 0.4) is 0 Å². The van der Waals surface area contributed by atoms with E-state index in [1.54, 1.807) is 0 Å². The van der Waals surface area contributed by atoms with Gasteiger partial charge in [-0.1, -0.05) is 36.8 Å². The third kappa shape index (κ3) is 3.66. The summed E-state index contributed by atoms with van der Waals surface area (Å²) in [5, 5.41) is 8.68. The maximum absolute atomic E-state index is 10.6. The Morgan fingerprint density at radius 3 is 2.69 bits per heavy atom. The van der Waals surface area contributed by atoms with Gasteiger partial charge in [-0.25, -0.2) is 0 Å². The van der Waals surface area contributed by atoms with Crippen LogP contribution in [0.2, 0.25) is 0 Å². The van der Waals surface area contributed by atoms with Crippen molar-refractivity contribution in [2.24, 2.45) is 5.73 Å². The van der Waals surface area contributed by atoms with Crippen molar-refractivity contribution >= 4 is 5.97 Å². The predicted octanol–water partition coefficient (Wildman–Crippen LogP) is 2.29. The smallest absolute Gasteiger partial charge is 0.320 e. The van der Waals surface area contributed by atoms with Gasteiger partial charge in [-0.15, -0.1) is 0 Å². The number of hydrogen-bond donors (Lipinski definition) is 2. The van der Waals surface area contributed by atoms with Gasteiger partial charge >= 0.3 is 5.97 Å². The largest absolute Gasteiger partial charge is 0.480 e. The molecule has 1 aromatic rings. The Morgan fingerprint density at radius 1 is 1.44 bits per heavy atom. The number of aliphatic carboxylic acids is 1. The van der Waals surface area contributed by atoms with E-state index < -0.39 is 12.0 Å². The monoisotopic (exact) mass is 221 g/mol. The molecule has 1 aromatic carbocycles. The van der Waals surface area contributed by atoms with Gasteiger partial charge < -0.3 is 10.8 Å². The zero-order valence-electron chi connectivity index (χ0n) is 9.81. The van der Waals surface area contributed by atoms with E-state index in [-0.39, 0.29) is 0 Å². The van der Waals surface area contributed by atoms with Gasteiger partial charge in [-0.3, -0.25) is 4.79 Å². The van der Waals surface area contributed by atoms with Gasteiger partial charge in [0.2, 0.25) is 0 Å². The third-order valence-corrected chi connectivity index (χ3v) is 2.84. The second-order valence-electron chi connectivity index (χ2n) is 4.34. The molecule has 0 fully saturated rings. The van der Waals surface area contributed by atoms with Crippen molar-refractivity contribution in [3.63, 3.8) is 0 Å². The van der Waals surface area contributed by atoms with Crippen LogP contribution in [-0.4, -0.2) is 17.1 Å². The summed E-state index contributed by atoms with van der Waals surface area (Å²) in [6.45, 7) is 4.16. The number of carboxylic acids is 1. The van der Waals surface area contributed by atoms with Gasteiger partial charge in [0.25, 0.3) is 0 Å². The van der Waals surface area contributed by atoms with Crippen molar-refractivity contribution in [2.45, 2.75) is 38.6 Å². The van der Waals surface area contributed by atoms with Crippen molar-refractivity contribution < 1.29 is 9.90 Å². The van der Waals surface area contributed by atoms with Crippen LogP contribution >= 0.6 is 0 Å². The fraction of sp³-hybridized carbons (Fsp3) is 0.462. The first-order valence-corrected chi connectivity index (χ1v) is 5.55. The summed E-state index contributed by atoms with van der Waals surface area (Å²) in [4.78, 5) is 10.6. The maximum Gasteiger partial charge on any atom is 0.320 e. The van der Waals surface area contributed by atoms with Crippen molar-refractivity contribution in [1.29, 1.82) is 0 Å². The van der Waals surface area contributed by atoms with Crippen LogP contribution in [0, 0.1) is 6.92 Å². The highest BCUT2D eigenvalue weighted by molar-refractivity contribution is 5.72. The van der Waals surface area contributed by atoms with Crippen LogP contribution in [0.25, 0.3) is 0 Å². The van der Waals surface area contributed by atoms with E-state index in [1.807, 2.05) is 6.07 Å². The van der Waals surface area contributed by atoms with E-state index in [0.717, 1.165) is 6.42 Å². The SMILES string of the molecule is Cc1cccc(C(C)CCC(N)C(=O)O)c1. The zero-order valence-corrected chi connectivity index (χ0v) is 9.81. The Balaban J connectivity index is 2.52. The molecule has 3 N–H and O–H groups in total. The summed E-state index contributed by atoms with van der Waals surface area (Å²) in [6.07, 6.45) is 1.32. The molecule has 0 aliphatic rings. The Labute approximate surface area is 96.3 Å². The lowest BCUT2D eigenvalue weighted by atomic mass is 9.93. The van der Waals surface area contributed by atoms with Crippen LogP contribution in [0.4, 0.5) is 0 Å². The molecule has 0 heterocycles. The summed E-state index contributed by atoms with van der Waals surface area (Å²) in [6, 6.07) is 7.55. The molecule has 0 aliphatic heterocycles. The molecule has 1 rings (SSSR count). The minimum atomic E-state index is -0.920. The number of carboxylic acid groups (broad SMARTS) is 1. The van der Waals surface area contributed by atoms with Crippen LogP contribution < -0.4 is 5.73 Å². The molecule has 0 bridgehead atoms. The molecule has 0 saturated heterocycles. The van der Waals surface area contributed by atoms with E-state index in [4.69, 9.17) is 10.8 Å². The summed E-state index contributed by atoms with van der Waals surface area (Å²) in [5.74, 6) is -0.568. The lowest BCUT2D eigenvalue weighted by molar-refractivity contribution is -0.138. The highest BCUT2D eigenvalue weighted by Crippen LogP contribution is 2.21. The molecule has 0 saturated carbocycles. The molecule has 0 spiro atoms. The maximum atomic E-state index is 10.6. The first kappa shape index (κ1) is 12.7. The average Bonchev–Trinajstić information content (AvgIpc) is 2.25. The number of nitrogens with two attached hydrogens (primary N) is 1. The number of carbonyl (C=O) groups is 1. The Kier molecular flexibility index (Phi) is 4.50. The zero-order chi connectivity index (χ0) is 12.1. The standard InChI is InChI=1S/C13H19NO2/c1-9-4-3-5-11(8-9)10(2)6-7-12(14)13(15)16/h3-5,8,10,12H,6-7,14H2,1-2H3,(H,15,16). The lowest BCUT2D eigenvalue weighted by Gasteiger charge is -2.14. The Bertz CT molecular complexity index is 363. The molecule has 16 heavy (non-hydrogen) atoms. The summed E-state index contributed by atoms with van der Waals surface area (Å²) in [5.41, 5.74) is 7.95. The molecule has 2 unspecified atom stereocenters. The summed E-state index contributed by atoms with van der Waals surface area (Å²) in [7, 11) is 0.